The van der Waals surface area contributed by atoms with Gasteiger partial charge in [0.2, 0.25) is 6.43 Å². The quantitative estimate of drug-likeness (QED) is 0.647. The van der Waals surface area contributed by atoms with Crippen LogP contribution in [0.4, 0.5) is 8.78 Å². The molecule has 0 saturated carbocycles. The minimum atomic E-state index is -2.48. The van der Waals surface area contributed by atoms with E-state index in [9.17, 15) is 13.6 Å². The van der Waals surface area contributed by atoms with Gasteiger partial charge in [0.1, 0.15) is 17.8 Å². The van der Waals surface area contributed by atoms with E-state index in [1.807, 2.05) is 24.3 Å². The molecular weight excluding hydrogens is 452 g/mol. The monoisotopic (exact) mass is 481 g/mol. The molecule has 0 aliphatic carbocycles. The lowest BCUT2D eigenvalue weighted by Crippen LogP contribution is -2.58. The van der Waals surface area contributed by atoms with Crippen LogP contribution in [0.2, 0.25) is 5.02 Å². The first-order valence-electron chi connectivity index (χ1n) is 11.5. The maximum Gasteiger partial charge on any atom is 0.239 e. The molecule has 2 saturated heterocycles. The Bertz CT molecular complexity index is 887. The summed E-state index contributed by atoms with van der Waals surface area (Å²) in [4.78, 5) is 17.1. The summed E-state index contributed by atoms with van der Waals surface area (Å²) in [6, 6.07) is 8.13. The average Bonchev–Trinajstić information content (AvgIpc) is 3.25. The number of morpholine rings is 1. The number of nitrogens with zero attached hydrogens (tertiary/aromatic N) is 4. The van der Waals surface area contributed by atoms with Crippen molar-refractivity contribution in [2.45, 2.75) is 63.1 Å². The Balaban J connectivity index is 1.42. The molecule has 180 valence electrons. The second-order valence-corrected chi connectivity index (χ2v) is 9.34. The normalized spacial score (nSPS) is 24.8. The number of ether oxygens (including phenoxy) is 1. The summed E-state index contributed by atoms with van der Waals surface area (Å²) in [7, 11) is 0. The number of likely N-dealkylation sites (tertiary alicyclic amines) is 1. The highest BCUT2D eigenvalue weighted by atomic mass is 35.5. The minimum absolute atomic E-state index is 0.102. The molecule has 0 aromatic heterocycles. The van der Waals surface area contributed by atoms with Crippen LogP contribution in [-0.4, -0.2) is 78.1 Å². The van der Waals surface area contributed by atoms with Gasteiger partial charge in [-0.15, -0.1) is 10.2 Å². The van der Waals surface area contributed by atoms with E-state index < -0.39 is 19.0 Å². The molecule has 33 heavy (non-hydrogen) atoms. The number of halogens is 3. The van der Waals surface area contributed by atoms with Crippen LogP contribution >= 0.6 is 11.6 Å². The number of ketones is 1. The highest BCUT2D eigenvalue weighted by molar-refractivity contribution is 6.30. The predicted octanol–water partition coefficient (Wildman–Crippen LogP) is 3.11. The molecule has 3 aliphatic rings. The van der Waals surface area contributed by atoms with Crippen molar-refractivity contribution in [2.24, 2.45) is 15.9 Å². The number of nitrogens with two attached hydrogens (primary N) is 1. The van der Waals surface area contributed by atoms with Gasteiger partial charge in [0.25, 0.3) is 0 Å². The van der Waals surface area contributed by atoms with Crippen molar-refractivity contribution in [1.29, 1.82) is 0 Å². The molecule has 0 amide bonds. The number of piperidine rings is 1. The molecule has 4 rings (SSSR count). The average molecular weight is 482 g/mol. The van der Waals surface area contributed by atoms with Gasteiger partial charge in [0, 0.05) is 49.6 Å². The van der Waals surface area contributed by atoms with Gasteiger partial charge in [-0.3, -0.25) is 9.69 Å². The molecule has 2 atom stereocenters. The summed E-state index contributed by atoms with van der Waals surface area (Å²) in [5, 5.41) is 8.81. The smallest absolute Gasteiger partial charge is 0.239 e. The van der Waals surface area contributed by atoms with Crippen LogP contribution in [-0.2, 0) is 16.0 Å². The van der Waals surface area contributed by atoms with Crippen molar-refractivity contribution in [3.63, 3.8) is 0 Å². The first-order valence-corrected chi connectivity index (χ1v) is 11.8. The van der Waals surface area contributed by atoms with Crippen molar-refractivity contribution < 1.29 is 18.3 Å². The summed E-state index contributed by atoms with van der Waals surface area (Å²) >= 11 is 6.03. The van der Waals surface area contributed by atoms with Crippen LogP contribution in [0.3, 0.4) is 0 Å². The van der Waals surface area contributed by atoms with E-state index in [1.165, 1.54) is 0 Å². The van der Waals surface area contributed by atoms with Gasteiger partial charge < -0.3 is 15.4 Å². The van der Waals surface area contributed by atoms with Gasteiger partial charge in [0.05, 0.1) is 13.0 Å². The summed E-state index contributed by atoms with van der Waals surface area (Å²) in [6.07, 6.45) is -0.532. The van der Waals surface area contributed by atoms with Gasteiger partial charge in [0.15, 0.2) is 5.78 Å². The molecule has 0 radical (unpaired) electrons. The number of alkyl halides is 2. The number of carbonyl (C=O) groups is 1. The summed E-state index contributed by atoms with van der Waals surface area (Å²) in [6.45, 7) is 2.50. The molecule has 2 N–H and O–H groups in total. The Morgan fingerprint density at radius 2 is 1.94 bits per heavy atom. The van der Waals surface area contributed by atoms with E-state index in [0.29, 0.717) is 30.4 Å². The third-order valence-electron chi connectivity index (χ3n) is 6.62. The maximum absolute atomic E-state index is 12.6. The van der Waals surface area contributed by atoms with E-state index in [-0.39, 0.29) is 24.3 Å². The molecule has 3 heterocycles. The molecule has 0 spiro atoms. The van der Waals surface area contributed by atoms with Crippen molar-refractivity contribution in [2.75, 3.05) is 26.2 Å². The summed E-state index contributed by atoms with van der Waals surface area (Å²) in [5.41, 5.74) is 6.91. The fraction of sp³-hybridized carbons (Fsp3) is 0.609. The molecule has 1 aromatic rings. The van der Waals surface area contributed by atoms with Crippen LogP contribution in [0.5, 0.6) is 0 Å². The molecule has 0 bridgehead atoms. The Kier molecular flexibility index (Phi) is 7.93. The van der Waals surface area contributed by atoms with Crippen molar-refractivity contribution in [3.8, 4) is 0 Å². The molecule has 3 aliphatic heterocycles. The Labute approximate surface area is 197 Å². The topological polar surface area (TPSA) is 83.5 Å². The Morgan fingerprint density at radius 3 is 2.58 bits per heavy atom. The molecule has 2 fully saturated rings. The lowest BCUT2D eigenvalue weighted by molar-refractivity contribution is -0.144. The van der Waals surface area contributed by atoms with Crippen LogP contribution < -0.4 is 5.73 Å². The third kappa shape index (κ3) is 6.28. The predicted molar refractivity (Wildman–Crippen MR) is 124 cm³/mol. The van der Waals surface area contributed by atoms with Crippen molar-refractivity contribution in [1.82, 2.24) is 9.80 Å². The molecule has 7 nitrogen and oxygen atoms in total. The van der Waals surface area contributed by atoms with Gasteiger partial charge in [-0.1, -0.05) is 23.7 Å². The van der Waals surface area contributed by atoms with E-state index in [4.69, 9.17) is 22.1 Å². The Morgan fingerprint density at radius 1 is 1.21 bits per heavy atom. The van der Waals surface area contributed by atoms with Gasteiger partial charge in [-0.2, -0.15) is 0 Å². The van der Waals surface area contributed by atoms with Crippen LogP contribution in [0.1, 0.15) is 37.7 Å². The zero-order valence-corrected chi connectivity index (χ0v) is 19.3. The summed E-state index contributed by atoms with van der Waals surface area (Å²) < 4.78 is 31.1. The lowest BCUT2D eigenvalue weighted by Gasteiger charge is -2.46. The van der Waals surface area contributed by atoms with Crippen LogP contribution in [0.15, 0.2) is 34.5 Å². The number of rotatable bonds is 7. The Hall–Kier alpha value is -2.10. The van der Waals surface area contributed by atoms with E-state index in [0.717, 1.165) is 43.8 Å². The third-order valence-corrected chi connectivity index (χ3v) is 6.87. The fourth-order valence-electron chi connectivity index (χ4n) is 4.82. The SMILES string of the molecule is NC1=NN=C(N2CCC(N3C[C@H](C(=O)CCC(F)F)OC[C@@H]3Cc3ccc(Cl)cc3)CC2)C1. The standard InChI is InChI=1S/C23H30ClF2N5O2/c24-16-3-1-15(2-4-16)11-18-14-33-20(19(32)5-6-21(25)26)13-31(18)17-7-9-30(10-8-17)23-12-22(27)28-29-23/h1-4,17-18,20-21H,5-14H2,(H2,27,28)/t18-,20+/m0/s1. The maximum atomic E-state index is 12.6. The number of carbonyl (C=O) groups excluding carboxylic acids is 1. The second-order valence-electron chi connectivity index (χ2n) is 8.90. The van der Waals surface area contributed by atoms with Crippen molar-refractivity contribution >= 4 is 29.1 Å². The lowest BCUT2D eigenvalue weighted by atomic mass is 9.95. The highest BCUT2D eigenvalue weighted by Gasteiger charge is 2.38. The first kappa shape index (κ1) is 24.0. The minimum Gasteiger partial charge on any atom is -0.385 e. The zero-order valence-electron chi connectivity index (χ0n) is 18.5. The van der Waals surface area contributed by atoms with Crippen molar-refractivity contribution in [3.05, 3.63) is 34.9 Å². The van der Waals surface area contributed by atoms with Gasteiger partial charge in [-0.05, 0) is 37.0 Å². The summed E-state index contributed by atoms with van der Waals surface area (Å²) in [5.74, 6) is 1.20. The number of benzene rings is 1. The zero-order chi connectivity index (χ0) is 23.4. The van der Waals surface area contributed by atoms with E-state index >= 15 is 0 Å². The number of hydrogen-bond acceptors (Lipinski definition) is 7. The van der Waals surface area contributed by atoms with Crippen LogP contribution in [0.25, 0.3) is 0 Å². The molecule has 10 heteroatoms. The fourth-order valence-corrected chi connectivity index (χ4v) is 4.95. The van der Waals surface area contributed by atoms with Gasteiger partial charge in [-0.25, -0.2) is 8.78 Å². The van der Waals surface area contributed by atoms with Gasteiger partial charge >= 0.3 is 0 Å². The molecular formula is C23H30ClF2N5O2. The van der Waals surface area contributed by atoms with E-state index in [1.54, 1.807) is 0 Å². The largest absolute Gasteiger partial charge is 0.385 e. The first-order chi connectivity index (χ1) is 15.9. The van der Waals surface area contributed by atoms with E-state index in [2.05, 4.69) is 20.0 Å². The second kappa shape index (κ2) is 10.9. The molecule has 0 unspecified atom stereocenters. The highest BCUT2D eigenvalue weighted by Crippen LogP contribution is 2.27. The molecule has 1 aromatic carbocycles. The number of Topliss-reactive ketones (excluding diaryl/α,β-unsaturated/α-hetero) is 1. The number of hydrogen-bond donors (Lipinski definition) is 1. The van der Waals surface area contributed by atoms with Crippen LogP contribution in [0, 0.1) is 0 Å². The number of amidine groups is 2.